The van der Waals surface area contributed by atoms with Gasteiger partial charge in [0.25, 0.3) is 0 Å². The van der Waals surface area contributed by atoms with Crippen molar-refractivity contribution in [3.05, 3.63) is 11.8 Å². The second-order valence-electron chi connectivity index (χ2n) is 5.35. The second-order valence-corrected chi connectivity index (χ2v) is 5.62. The number of carbonyl (C=O) groups is 1. The Hall–Kier alpha value is -0.700. The fourth-order valence-corrected chi connectivity index (χ4v) is 1.44. The maximum Gasteiger partial charge on any atom is 0.247 e. The molecule has 1 aliphatic carbocycles. The van der Waals surface area contributed by atoms with Gasteiger partial charge in [-0.1, -0.05) is 6.92 Å². The summed E-state index contributed by atoms with van der Waals surface area (Å²) in [5.74, 6) is 1.22. The van der Waals surface area contributed by atoms with E-state index in [9.17, 15) is 4.79 Å². The molecule has 0 radical (unpaired) electrons. The van der Waals surface area contributed by atoms with Crippen LogP contribution in [0.25, 0.3) is 0 Å². The summed E-state index contributed by atoms with van der Waals surface area (Å²) in [5.41, 5.74) is -0.238. The average molecular weight is 246 g/mol. The number of alkyl halides is 1. The molecule has 1 amide bonds. The van der Waals surface area contributed by atoms with Gasteiger partial charge in [-0.15, -0.1) is 11.6 Å². The predicted octanol–water partition coefficient (Wildman–Crippen LogP) is 2.45. The zero-order chi connectivity index (χ0) is 12.3. The van der Waals surface area contributed by atoms with Gasteiger partial charge in [-0.2, -0.15) is 0 Å². The van der Waals surface area contributed by atoms with Crippen molar-refractivity contribution in [1.82, 2.24) is 5.32 Å². The highest BCUT2D eigenvalue weighted by atomic mass is 35.5. The number of hydrogen-bond acceptors (Lipinski definition) is 2. The van der Waals surface area contributed by atoms with Crippen LogP contribution in [-0.4, -0.2) is 23.4 Å². The van der Waals surface area contributed by atoms with Crippen LogP contribution in [0.3, 0.4) is 0 Å². The molecule has 0 aromatic rings. The molecule has 2 atom stereocenters. The molecule has 1 N–H and O–H groups in total. The summed E-state index contributed by atoms with van der Waals surface area (Å²) in [6.45, 7) is 7.92. The molecule has 0 spiro atoms. The summed E-state index contributed by atoms with van der Waals surface area (Å²) >= 11 is 5.73. The fraction of sp³-hybridized carbons (Fsp3) is 0.750. The van der Waals surface area contributed by atoms with Crippen LogP contribution in [0.2, 0.25) is 0 Å². The minimum atomic E-state index is -0.238. The monoisotopic (exact) mass is 245 g/mol. The van der Waals surface area contributed by atoms with Crippen LogP contribution in [0.4, 0.5) is 0 Å². The number of allylic oxidation sites excluding steroid dienone is 1. The molecule has 4 heteroatoms. The molecule has 92 valence electrons. The summed E-state index contributed by atoms with van der Waals surface area (Å²) < 4.78 is 5.58. The maximum absolute atomic E-state index is 11.6. The van der Waals surface area contributed by atoms with E-state index in [1.54, 1.807) is 0 Å². The van der Waals surface area contributed by atoms with Crippen LogP contribution in [0.5, 0.6) is 0 Å². The van der Waals surface area contributed by atoms with E-state index in [4.69, 9.17) is 16.3 Å². The third kappa shape index (κ3) is 4.88. The molecule has 1 saturated carbocycles. The first-order chi connectivity index (χ1) is 7.31. The number of ether oxygens (including phenoxy) is 1. The quantitative estimate of drug-likeness (QED) is 0.469. The van der Waals surface area contributed by atoms with Crippen molar-refractivity contribution in [1.29, 1.82) is 0 Å². The average Bonchev–Trinajstić information content (AvgIpc) is 2.77. The number of nitrogens with one attached hydrogen (secondary N) is 1. The van der Waals surface area contributed by atoms with E-state index in [1.807, 2.05) is 20.8 Å². The lowest BCUT2D eigenvalue weighted by Gasteiger charge is -2.19. The molecule has 0 aliphatic heterocycles. The summed E-state index contributed by atoms with van der Waals surface area (Å²) in [5, 5.41) is 2.83. The van der Waals surface area contributed by atoms with Crippen LogP contribution < -0.4 is 5.32 Å². The van der Waals surface area contributed by atoms with Crippen molar-refractivity contribution in [3.8, 4) is 0 Å². The Morgan fingerprint density at radius 3 is 2.50 bits per heavy atom. The van der Waals surface area contributed by atoms with E-state index in [-0.39, 0.29) is 23.4 Å². The van der Waals surface area contributed by atoms with Crippen molar-refractivity contribution in [2.75, 3.05) is 5.88 Å². The van der Waals surface area contributed by atoms with Gasteiger partial charge in [-0.3, -0.25) is 4.79 Å². The second kappa shape index (κ2) is 5.09. The molecule has 0 saturated heterocycles. The highest BCUT2D eigenvalue weighted by molar-refractivity contribution is 6.19. The van der Waals surface area contributed by atoms with Gasteiger partial charge in [0.05, 0.1) is 5.88 Å². The Morgan fingerprint density at radius 2 is 2.12 bits per heavy atom. The zero-order valence-corrected chi connectivity index (χ0v) is 11.1. The van der Waals surface area contributed by atoms with Crippen molar-refractivity contribution in [3.63, 3.8) is 0 Å². The first-order valence-electron chi connectivity index (χ1n) is 5.57. The Balaban J connectivity index is 2.47. The van der Waals surface area contributed by atoms with Crippen molar-refractivity contribution >= 4 is 17.5 Å². The lowest BCUT2D eigenvalue weighted by Crippen LogP contribution is -2.39. The van der Waals surface area contributed by atoms with Gasteiger partial charge >= 0.3 is 0 Å². The maximum atomic E-state index is 11.6. The van der Waals surface area contributed by atoms with Crippen LogP contribution in [0.1, 0.15) is 34.1 Å². The summed E-state index contributed by atoms with van der Waals surface area (Å²) in [7, 11) is 0. The van der Waals surface area contributed by atoms with Crippen molar-refractivity contribution in [2.24, 2.45) is 5.92 Å². The molecule has 0 bridgehead atoms. The molecule has 0 heterocycles. The fourth-order valence-electron chi connectivity index (χ4n) is 1.30. The summed E-state index contributed by atoms with van der Waals surface area (Å²) in [6, 6.07) is 0. The van der Waals surface area contributed by atoms with Gasteiger partial charge in [-0.25, -0.2) is 0 Å². The molecular weight excluding hydrogens is 226 g/mol. The number of hydrogen-bond donors (Lipinski definition) is 1. The van der Waals surface area contributed by atoms with Crippen LogP contribution >= 0.6 is 11.6 Å². The lowest BCUT2D eigenvalue weighted by molar-refractivity contribution is -0.118. The first-order valence-corrected chi connectivity index (χ1v) is 6.10. The van der Waals surface area contributed by atoms with Crippen molar-refractivity contribution in [2.45, 2.75) is 45.8 Å². The molecule has 16 heavy (non-hydrogen) atoms. The van der Waals surface area contributed by atoms with Gasteiger partial charge in [0, 0.05) is 11.6 Å². The SMILES string of the molecule is CC1C[C@@H]1O/C(=C\C(=O)NC(C)(C)C)CCl. The smallest absolute Gasteiger partial charge is 0.247 e. The molecular formula is C12H20ClNO2. The molecule has 3 nitrogen and oxygen atoms in total. The van der Waals surface area contributed by atoms with Crippen LogP contribution in [0.15, 0.2) is 11.8 Å². The standard InChI is InChI=1S/C12H20ClNO2/c1-8-5-10(8)16-9(7-13)6-11(15)14-12(2,3)4/h6,8,10H,5,7H2,1-4H3,(H,14,15)/b9-6-/t8?,10-/m0/s1. The van der Waals surface area contributed by atoms with Gasteiger partial charge in [-0.05, 0) is 33.1 Å². The number of halogens is 1. The molecule has 0 aromatic carbocycles. The number of carbonyl (C=O) groups excluding carboxylic acids is 1. The topological polar surface area (TPSA) is 38.3 Å². The van der Waals surface area contributed by atoms with E-state index in [2.05, 4.69) is 12.2 Å². The van der Waals surface area contributed by atoms with E-state index in [0.717, 1.165) is 6.42 Å². The highest BCUT2D eigenvalue weighted by Crippen LogP contribution is 2.34. The molecule has 1 unspecified atom stereocenters. The third-order valence-corrected chi connectivity index (χ3v) is 2.52. The third-order valence-electron chi connectivity index (χ3n) is 2.26. The Bertz CT molecular complexity index is 294. The van der Waals surface area contributed by atoms with Crippen LogP contribution in [-0.2, 0) is 9.53 Å². The molecule has 1 fully saturated rings. The van der Waals surface area contributed by atoms with Gasteiger partial charge < -0.3 is 10.1 Å². The summed E-state index contributed by atoms with van der Waals surface area (Å²) in [4.78, 5) is 11.6. The highest BCUT2D eigenvalue weighted by Gasteiger charge is 2.35. The number of rotatable bonds is 4. The zero-order valence-electron chi connectivity index (χ0n) is 10.3. The van der Waals surface area contributed by atoms with E-state index in [0.29, 0.717) is 11.7 Å². The van der Waals surface area contributed by atoms with E-state index in [1.165, 1.54) is 6.08 Å². The van der Waals surface area contributed by atoms with Gasteiger partial charge in [0.2, 0.25) is 5.91 Å². The van der Waals surface area contributed by atoms with Crippen molar-refractivity contribution < 1.29 is 9.53 Å². The largest absolute Gasteiger partial charge is 0.493 e. The Kier molecular flexibility index (Phi) is 4.25. The van der Waals surface area contributed by atoms with E-state index < -0.39 is 0 Å². The Labute approximate surface area is 102 Å². The van der Waals surface area contributed by atoms with Crippen LogP contribution in [0, 0.1) is 5.92 Å². The molecule has 1 aliphatic rings. The van der Waals surface area contributed by atoms with E-state index >= 15 is 0 Å². The minimum Gasteiger partial charge on any atom is -0.493 e. The Morgan fingerprint density at radius 1 is 1.56 bits per heavy atom. The first kappa shape index (κ1) is 13.4. The van der Waals surface area contributed by atoms with Gasteiger partial charge in [0.1, 0.15) is 11.9 Å². The molecule has 0 aromatic heterocycles. The molecule has 1 rings (SSSR count). The normalized spacial score (nSPS) is 25.2. The minimum absolute atomic E-state index is 0.156. The summed E-state index contributed by atoms with van der Waals surface area (Å²) in [6.07, 6.45) is 2.74. The predicted molar refractivity (Wildman–Crippen MR) is 65.4 cm³/mol. The number of amides is 1. The lowest BCUT2D eigenvalue weighted by atomic mass is 10.1. The van der Waals surface area contributed by atoms with Gasteiger partial charge in [0.15, 0.2) is 0 Å².